The number of ether oxygens (including phenoxy) is 1. The molecule has 0 N–H and O–H groups in total. The van der Waals surface area contributed by atoms with E-state index in [1.165, 1.54) is 12.1 Å². The van der Waals surface area contributed by atoms with E-state index in [0.29, 0.717) is 0 Å². The molecule has 0 spiro atoms. The van der Waals surface area contributed by atoms with Gasteiger partial charge in [-0.1, -0.05) is 12.1 Å². The Kier molecular flexibility index (Phi) is 4.94. The molecule has 0 amide bonds. The Morgan fingerprint density at radius 2 is 1.72 bits per heavy atom. The van der Waals surface area contributed by atoms with E-state index >= 15 is 0 Å². The summed E-state index contributed by atoms with van der Waals surface area (Å²) in [5.74, 6) is -2.62. The molecule has 7 heteroatoms. The van der Waals surface area contributed by atoms with Crippen molar-refractivity contribution in [3.8, 4) is 5.75 Å². The van der Waals surface area contributed by atoms with Crippen LogP contribution >= 0.6 is 0 Å². The van der Waals surface area contributed by atoms with Crippen LogP contribution in [0.3, 0.4) is 0 Å². The summed E-state index contributed by atoms with van der Waals surface area (Å²) in [6.07, 6.45) is 1.98. The molecular formula is C18H19F2NO3S. The highest BCUT2D eigenvalue weighted by atomic mass is 32.2. The Hall–Kier alpha value is -2.15. The highest BCUT2D eigenvalue weighted by molar-refractivity contribution is 7.91. The first-order chi connectivity index (χ1) is 11.9. The van der Waals surface area contributed by atoms with Crippen molar-refractivity contribution < 1.29 is 21.9 Å². The molecule has 1 fully saturated rings. The summed E-state index contributed by atoms with van der Waals surface area (Å²) in [5.41, 5.74) is 1.97. The van der Waals surface area contributed by atoms with Crippen LogP contribution in [0.5, 0.6) is 5.75 Å². The Morgan fingerprint density at radius 3 is 2.28 bits per heavy atom. The fraction of sp³-hybridized carbons (Fsp3) is 0.333. The van der Waals surface area contributed by atoms with E-state index < -0.39 is 15.6 Å². The second-order valence-electron chi connectivity index (χ2n) is 5.92. The third-order valence-electron chi connectivity index (χ3n) is 4.48. The SMILES string of the molecule is COc1ccc(C2CCCN2c2ccc(S(=O)(=O)C(F)F)cc2)cc1. The van der Waals surface area contributed by atoms with Gasteiger partial charge < -0.3 is 9.64 Å². The molecule has 3 rings (SSSR count). The van der Waals surface area contributed by atoms with Crippen molar-refractivity contribution in [2.24, 2.45) is 0 Å². The van der Waals surface area contributed by atoms with Crippen molar-refractivity contribution in [1.29, 1.82) is 0 Å². The number of alkyl halides is 2. The van der Waals surface area contributed by atoms with Gasteiger partial charge in [0.05, 0.1) is 18.0 Å². The zero-order chi connectivity index (χ0) is 18.0. The summed E-state index contributed by atoms with van der Waals surface area (Å²) in [4.78, 5) is 1.81. The van der Waals surface area contributed by atoms with Crippen LogP contribution in [-0.2, 0) is 9.84 Å². The van der Waals surface area contributed by atoms with E-state index in [-0.39, 0.29) is 10.9 Å². The van der Waals surface area contributed by atoms with Gasteiger partial charge in [0, 0.05) is 12.2 Å². The van der Waals surface area contributed by atoms with Gasteiger partial charge in [-0.2, -0.15) is 8.78 Å². The summed E-state index contributed by atoms with van der Waals surface area (Å²) in [6, 6.07) is 13.7. The monoisotopic (exact) mass is 367 g/mol. The number of methoxy groups -OCH3 is 1. The molecule has 1 aliphatic heterocycles. The topological polar surface area (TPSA) is 46.6 Å². The van der Waals surface area contributed by atoms with Crippen molar-refractivity contribution >= 4 is 15.5 Å². The standard InChI is InChI=1S/C18H19F2NO3S/c1-24-15-8-4-13(5-9-15)17-3-2-12-21(17)14-6-10-16(11-7-14)25(22,23)18(19)20/h4-11,17-18H,2-3,12H2,1H3. The van der Waals surface area contributed by atoms with Crippen molar-refractivity contribution in [2.45, 2.75) is 29.5 Å². The minimum atomic E-state index is -4.56. The average molecular weight is 367 g/mol. The van der Waals surface area contributed by atoms with Crippen LogP contribution in [0.25, 0.3) is 0 Å². The number of anilines is 1. The number of hydrogen-bond donors (Lipinski definition) is 0. The molecule has 1 heterocycles. The molecule has 0 aromatic heterocycles. The molecule has 134 valence electrons. The molecule has 2 aromatic rings. The summed E-state index contributed by atoms with van der Waals surface area (Å²) < 4.78 is 53.5. The van der Waals surface area contributed by atoms with Gasteiger partial charge in [-0.3, -0.25) is 0 Å². The number of sulfone groups is 1. The van der Waals surface area contributed by atoms with E-state index in [4.69, 9.17) is 4.74 Å². The van der Waals surface area contributed by atoms with E-state index in [1.54, 1.807) is 19.2 Å². The van der Waals surface area contributed by atoms with E-state index in [1.807, 2.05) is 24.3 Å². The first-order valence-corrected chi connectivity index (χ1v) is 9.51. The zero-order valence-corrected chi connectivity index (χ0v) is 14.5. The third-order valence-corrected chi connectivity index (χ3v) is 5.88. The quantitative estimate of drug-likeness (QED) is 0.800. The van der Waals surface area contributed by atoms with Gasteiger partial charge in [0.15, 0.2) is 0 Å². The molecule has 0 radical (unpaired) electrons. The van der Waals surface area contributed by atoms with Crippen LogP contribution in [0.2, 0.25) is 0 Å². The van der Waals surface area contributed by atoms with Crippen molar-refractivity contribution in [3.63, 3.8) is 0 Å². The predicted octanol–water partition coefficient (Wildman–Crippen LogP) is 4.03. The molecule has 4 nitrogen and oxygen atoms in total. The maximum atomic E-state index is 12.6. The van der Waals surface area contributed by atoms with Crippen LogP contribution in [-0.4, -0.2) is 27.8 Å². The summed E-state index contributed by atoms with van der Waals surface area (Å²) in [6.45, 7) is 0.831. The van der Waals surface area contributed by atoms with Crippen LogP contribution in [0.4, 0.5) is 14.5 Å². The smallest absolute Gasteiger partial charge is 0.341 e. The molecule has 1 atom stereocenters. The Bertz CT molecular complexity index is 820. The van der Waals surface area contributed by atoms with Crippen molar-refractivity contribution in [3.05, 3.63) is 54.1 Å². The second-order valence-corrected chi connectivity index (χ2v) is 7.84. The number of benzene rings is 2. The Balaban J connectivity index is 1.85. The fourth-order valence-electron chi connectivity index (χ4n) is 3.18. The zero-order valence-electron chi connectivity index (χ0n) is 13.7. The first kappa shape index (κ1) is 17.7. The summed E-state index contributed by atoms with van der Waals surface area (Å²) in [7, 11) is -2.94. The second kappa shape index (κ2) is 7.00. The number of nitrogens with zero attached hydrogens (tertiary/aromatic N) is 1. The van der Waals surface area contributed by atoms with Gasteiger partial charge >= 0.3 is 5.76 Å². The lowest BCUT2D eigenvalue weighted by Gasteiger charge is -2.27. The molecule has 2 aromatic carbocycles. The summed E-state index contributed by atoms with van der Waals surface area (Å²) >= 11 is 0. The molecule has 1 aliphatic rings. The molecule has 0 bridgehead atoms. The summed E-state index contributed by atoms with van der Waals surface area (Å²) in [5, 5.41) is 0. The third kappa shape index (κ3) is 3.46. The fourth-order valence-corrected chi connectivity index (χ4v) is 3.90. The molecule has 1 saturated heterocycles. The minimum Gasteiger partial charge on any atom is -0.497 e. The van der Waals surface area contributed by atoms with Crippen LogP contribution < -0.4 is 9.64 Å². The van der Waals surface area contributed by atoms with Gasteiger partial charge in [-0.05, 0) is 54.8 Å². The highest BCUT2D eigenvalue weighted by Gasteiger charge is 2.29. The predicted molar refractivity (Wildman–Crippen MR) is 91.9 cm³/mol. The minimum absolute atomic E-state index is 0.170. The molecule has 25 heavy (non-hydrogen) atoms. The van der Waals surface area contributed by atoms with Gasteiger partial charge in [-0.15, -0.1) is 0 Å². The lowest BCUT2D eigenvalue weighted by atomic mass is 10.0. The molecule has 1 unspecified atom stereocenters. The Morgan fingerprint density at radius 1 is 1.08 bits per heavy atom. The first-order valence-electron chi connectivity index (χ1n) is 7.96. The largest absolute Gasteiger partial charge is 0.497 e. The average Bonchev–Trinajstić information content (AvgIpc) is 3.11. The van der Waals surface area contributed by atoms with Crippen LogP contribution in [0.1, 0.15) is 24.4 Å². The van der Waals surface area contributed by atoms with Gasteiger partial charge in [0.1, 0.15) is 5.75 Å². The maximum Gasteiger partial charge on any atom is 0.341 e. The van der Waals surface area contributed by atoms with E-state index in [0.717, 1.165) is 36.4 Å². The van der Waals surface area contributed by atoms with E-state index in [2.05, 4.69) is 4.90 Å². The van der Waals surface area contributed by atoms with E-state index in [9.17, 15) is 17.2 Å². The lowest BCUT2D eigenvalue weighted by Crippen LogP contribution is -2.22. The van der Waals surface area contributed by atoms with Gasteiger partial charge in [-0.25, -0.2) is 8.42 Å². The van der Waals surface area contributed by atoms with Crippen LogP contribution in [0, 0.1) is 0 Å². The molecular weight excluding hydrogens is 348 g/mol. The number of hydrogen-bond acceptors (Lipinski definition) is 4. The maximum absolute atomic E-state index is 12.6. The Labute approximate surface area is 146 Å². The number of rotatable bonds is 5. The van der Waals surface area contributed by atoms with Crippen LogP contribution in [0.15, 0.2) is 53.4 Å². The van der Waals surface area contributed by atoms with Gasteiger partial charge in [0.25, 0.3) is 0 Å². The van der Waals surface area contributed by atoms with Crippen molar-refractivity contribution in [1.82, 2.24) is 0 Å². The molecule has 0 aliphatic carbocycles. The van der Waals surface area contributed by atoms with Gasteiger partial charge in [0.2, 0.25) is 9.84 Å². The normalized spacial score (nSPS) is 17.9. The van der Waals surface area contributed by atoms with Crippen molar-refractivity contribution in [2.75, 3.05) is 18.6 Å². The number of halogens is 2. The highest BCUT2D eigenvalue weighted by Crippen LogP contribution is 2.37. The lowest BCUT2D eigenvalue weighted by molar-refractivity contribution is 0.234. The molecule has 0 saturated carbocycles.